The summed E-state index contributed by atoms with van der Waals surface area (Å²) in [4.78, 5) is 12.0. The van der Waals surface area contributed by atoms with Gasteiger partial charge in [0.25, 0.3) is 5.91 Å². The number of nitrogens with one attached hydrogen (secondary N) is 1. The van der Waals surface area contributed by atoms with Crippen LogP contribution in [0.5, 0.6) is 0 Å². The van der Waals surface area contributed by atoms with E-state index in [1.54, 1.807) is 24.3 Å². The van der Waals surface area contributed by atoms with Crippen molar-refractivity contribution in [2.75, 3.05) is 5.32 Å². The minimum atomic E-state index is -0.283. The van der Waals surface area contributed by atoms with Gasteiger partial charge in [-0.25, -0.2) is 0 Å². The van der Waals surface area contributed by atoms with E-state index in [9.17, 15) is 4.79 Å². The SMILES string of the molecule is CC(C)Cc1nnc(NC(=O)c2cccc(C#N)c2)s1. The van der Waals surface area contributed by atoms with Crippen molar-refractivity contribution in [1.29, 1.82) is 5.26 Å². The molecule has 2 aromatic rings. The van der Waals surface area contributed by atoms with Gasteiger partial charge in [-0.15, -0.1) is 10.2 Å². The molecule has 1 N–H and O–H groups in total. The lowest BCUT2D eigenvalue weighted by molar-refractivity contribution is 0.102. The van der Waals surface area contributed by atoms with Crippen molar-refractivity contribution in [2.45, 2.75) is 20.3 Å². The molecule has 20 heavy (non-hydrogen) atoms. The van der Waals surface area contributed by atoms with Gasteiger partial charge in [0.05, 0.1) is 11.6 Å². The van der Waals surface area contributed by atoms with E-state index in [1.165, 1.54) is 11.3 Å². The molecule has 1 aromatic heterocycles. The van der Waals surface area contributed by atoms with E-state index < -0.39 is 0 Å². The van der Waals surface area contributed by atoms with E-state index in [-0.39, 0.29) is 5.91 Å². The predicted molar refractivity (Wildman–Crippen MR) is 77.6 cm³/mol. The average molecular weight is 286 g/mol. The first-order valence-electron chi connectivity index (χ1n) is 6.22. The summed E-state index contributed by atoms with van der Waals surface area (Å²) in [5.41, 5.74) is 0.889. The van der Waals surface area contributed by atoms with Crippen LogP contribution in [0.4, 0.5) is 5.13 Å². The van der Waals surface area contributed by atoms with Gasteiger partial charge in [-0.05, 0) is 24.1 Å². The number of amides is 1. The van der Waals surface area contributed by atoms with Crippen molar-refractivity contribution in [3.05, 3.63) is 40.4 Å². The molecule has 0 spiro atoms. The van der Waals surface area contributed by atoms with Gasteiger partial charge in [0.1, 0.15) is 5.01 Å². The Labute approximate surface area is 121 Å². The Kier molecular flexibility index (Phi) is 4.43. The summed E-state index contributed by atoms with van der Waals surface area (Å²) in [7, 11) is 0. The van der Waals surface area contributed by atoms with Crippen LogP contribution in [0.1, 0.15) is 34.8 Å². The maximum Gasteiger partial charge on any atom is 0.257 e. The summed E-state index contributed by atoms with van der Waals surface area (Å²) in [5, 5.41) is 20.9. The number of carbonyl (C=O) groups excluding carboxylic acids is 1. The topological polar surface area (TPSA) is 78.7 Å². The molecule has 0 bridgehead atoms. The van der Waals surface area contributed by atoms with Gasteiger partial charge in [0, 0.05) is 12.0 Å². The second kappa shape index (κ2) is 6.26. The molecule has 1 amide bonds. The summed E-state index contributed by atoms with van der Waals surface area (Å²) in [6.07, 6.45) is 0.845. The third-order valence-electron chi connectivity index (χ3n) is 2.52. The van der Waals surface area contributed by atoms with Crippen LogP contribution in [0.3, 0.4) is 0 Å². The summed E-state index contributed by atoms with van der Waals surface area (Å²) < 4.78 is 0. The number of anilines is 1. The van der Waals surface area contributed by atoms with E-state index in [0.29, 0.717) is 22.2 Å². The highest BCUT2D eigenvalue weighted by molar-refractivity contribution is 7.15. The molecular formula is C14H14N4OS. The van der Waals surface area contributed by atoms with Crippen LogP contribution < -0.4 is 5.32 Å². The molecule has 0 saturated heterocycles. The van der Waals surface area contributed by atoms with Crippen molar-refractivity contribution in [1.82, 2.24) is 10.2 Å². The monoisotopic (exact) mass is 286 g/mol. The van der Waals surface area contributed by atoms with Crippen LogP contribution in [0.2, 0.25) is 0 Å². The largest absolute Gasteiger partial charge is 0.296 e. The lowest BCUT2D eigenvalue weighted by Crippen LogP contribution is -2.11. The molecule has 0 unspecified atom stereocenters. The number of nitrogens with zero attached hydrogens (tertiary/aromatic N) is 3. The molecule has 0 aliphatic heterocycles. The summed E-state index contributed by atoms with van der Waals surface area (Å²) in [6.45, 7) is 4.21. The molecule has 0 radical (unpaired) electrons. The lowest BCUT2D eigenvalue weighted by Gasteiger charge is -2.01. The average Bonchev–Trinajstić information content (AvgIpc) is 2.85. The zero-order valence-electron chi connectivity index (χ0n) is 11.3. The minimum Gasteiger partial charge on any atom is -0.296 e. The quantitative estimate of drug-likeness (QED) is 0.937. The molecule has 0 aliphatic rings. The number of carbonyl (C=O) groups is 1. The second-order valence-electron chi connectivity index (χ2n) is 4.75. The molecule has 0 aliphatic carbocycles. The molecule has 2 rings (SSSR count). The maximum atomic E-state index is 12.0. The molecule has 5 nitrogen and oxygen atoms in total. The summed E-state index contributed by atoms with van der Waals surface area (Å²) >= 11 is 1.37. The van der Waals surface area contributed by atoms with E-state index >= 15 is 0 Å². The Morgan fingerprint density at radius 2 is 2.25 bits per heavy atom. The third kappa shape index (κ3) is 3.62. The van der Waals surface area contributed by atoms with Gasteiger partial charge in [-0.3, -0.25) is 10.1 Å². The Balaban J connectivity index is 2.07. The number of benzene rings is 1. The standard InChI is InChI=1S/C14H14N4OS/c1-9(2)6-12-17-18-14(20-12)16-13(19)11-5-3-4-10(7-11)8-15/h3-5,7,9H,6H2,1-2H3,(H,16,18,19). The first kappa shape index (κ1) is 14.2. The fraction of sp³-hybridized carbons (Fsp3) is 0.286. The van der Waals surface area contributed by atoms with Crippen LogP contribution >= 0.6 is 11.3 Å². The normalized spacial score (nSPS) is 10.3. The van der Waals surface area contributed by atoms with Crippen molar-refractivity contribution in [3.63, 3.8) is 0 Å². The van der Waals surface area contributed by atoms with Crippen LogP contribution in [0.15, 0.2) is 24.3 Å². The second-order valence-corrected chi connectivity index (χ2v) is 5.81. The van der Waals surface area contributed by atoms with Crippen LogP contribution in [0, 0.1) is 17.2 Å². The van der Waals surface area contributed by atoms with Crippen molar-refractivity contribution in [3.8, 4) is 6.07 Å². The molecular weight excluding hydrogens is 272 g/mol. The highest BCUT2D eigenvalue weighted by Gasteiger charge is 2.11. The number of nitriles is 1. The van der Waals surface area contributed by atoms with Gasteiger partial charge >= 0.3 is 0 Å². The summed E-state index contributed by atoms with van der Waals surface area (Å²) in [5.74, 6) is 0.216. The van der Waals surface area contributed by atoms with Crippen LogP contribution in [0.25, 0.3) is 0 Å². The zero-order chi connectivity index (χ0) is 14.5. The lowest BCUT2D eigenvalue weighted by atomic mass is 10.1. The van der Waals surface area contributed by atoms with Gasteiger partial charge in [0.2, 0.25) is 5.13 Å². The predicted octanol–water partition coefficient (Wildman–Crippen LogP) is 2.86. The van der Waals surface area contributed by atoms with Crippen molar-refractivity contribution < 1.29 is 4.79 Å². The molecule has 1 aromatic carbocycles. The molecule has 0 atom stereocenters. The fourth-order valence-electron chi connectivity index (χ4n) is 1.64. The van der Waals surface area contributed by atoms with E-state index in [1.807, 2.05) is 6.07 Å². The van der Waals surface area contributed by atoms with Crippen molar-refractivity contribution in [2.24, 2.45) is 5.92 Å². The number of hydrogen-bond acceptors (Lipinski definition) is 5. The Morgan fingerprint density at radius 3 is 2.95 bits per heavy atom. The Morgan fingerprint density at radius 1 is 1.45 bits per heavy atom. The van der Waals surface area contributed by atoms with E-state index in [4.69, 9.17) is 5.26 Å². The van der Waals surface area contributed by atoms with Crippen LogP contribution in [-0.4, -0.2) is 16.1 Å². The molecule has 102 valence electrons. The number of rotatable bonds is 4. The fourth-order valence-corrected chi connectivity index (χ4v) is 2.58. The highest BCUT2D eigenvalue weighted by atomic mass is 32.1. The highest BCUT2D eigenvalue weighted by Crippen LogP contribution is 2.19. The van der Waals surface area contributed by atoms with Gasteiger partial charge in [-0.1, -0.05) is 31.3 Å². The molecule has 0 saturated carbocycles. The minimum absolute atomic E-state index is 0.283. The van der Waals surface area contributed by atoms with Gasteiger partial charge in [0.15, 0.2) is 0 Å². The first-order chi connectivity index (χ1) is 9.58. The first-order valence-corrected chi connectivity index (χ1v) is 7.04. The van der Waals surface area contributed by atoms with Crippen molar-refractivity contribution >= 4 is 22.4 Å². The van der Waals surface area contributed by atoms with Crippen LogP contribution in [-0.2, 0) is 6.42 Å². The van der Waals surface area contributed by atoms with Gasteiger partial charge in [-0.2, -0.15) is 5.26 Å². The van der Waals surface area contributed by atoms with E-state index in [2.05, 4.69) is 29.4 Å². The van der Waals surface area contributed by atoms with E-state index in [0.717, 1.165) is 11.4 Å². The molecule has 1 heterocycles. The maximum absolute atomic E-state index is 12.0. The zero-order valence-corrected chi connectivity index (χ0v) is 12.1. The summed E-state index contributed by atoms with van der Waals surface area (Å²) in [6, 6.07) is 8.55. The van der Waals surface area contributed by atoms with Gasteiger partial charge < -0.3 is 0 Å². The number of aromatic nitrogens is 2. The molecule has 6 heteroatoms. The number of hydrogen-bond donors (Lipinski definition) is 1. The molecule has 0 fully saturated rings. The Hall–Kier alpha value is -2.26. The smallest absolute Gasteiger partial charge is 0.257 e. The Bertz CT molecular complexity index is 657. The third-order valence-corrected chi connectivity index (χ3v) is 3.39.